The minimum absolute atomic E-state index is 0.106. The lowest BCUT2D eigenvalue weighted by molar-refractivity contribution is 0.266. The molecule has 2 N–H and O–H groups in total. The Kier molecular flexibility index (Phi) is 6.47. The van der Waals surface area contributed by atoms with Crippen molar-refractivity contribution >= 4 is 21.6 Å². The zero-order valence-corrected chi connectivity index (χ0v) is 13.1. The first kappa shape index (κ1) is 16.1. The summed E-state index contributed by atoms with van der Waals surface area (Å²) in [4.78, 5) is 14.0. The Hall–Kier alpha value is -0.920. The molecule has 1 aromatic heterocycles. The van der Waals surface area contributed by atoms with Gasteiger partial charge >= 0.3 is 0 Å². The fraction of sp³-hybridized carbons (Fsp3) is 0.667. The maximum absolute atomic E-state index is 11.9. The van der Waals surface area contributed by atoms with Crippen LogP contribution in [0.1, 0.15) is 13.3 Å². The minimum atomic E-state index is -0.237. The number of nitrogens with zero attached hydrogens (tertiary/aromatic N) is 3. The van der Waals surface area contributed by atoms with E-state index in [1.165, 1.54) is 4.68 Å². The molecule has 0 bridgehead atoms. The molecule has 0 spiro atoms. The molecule has 1 aromatic rings. The fourth-order valence-electron chi connectivity index (χ4n) is 1.61. The minimum Gasteiger partial charge on any atom is -0.394 e. The van der Waals surface area contributed by atoms with Crippen LogP contribution in [0.5, 0.6) is 0 Å². The molecule has 0 aliphatic rings. The number of nitrogens with one attached hydrogen (secondary N) is 1. The van der Waals surface area contributed by atoms with Gasteiger partial charge in [0.25, 0.3) is 5.56 Å². The van der Waals surface area contributed by atoms with Gasteiger partial charge in [-0.25, -0.2) is 4.68 Å². The van der Waals surface area contributed by atoms with Gasteiger partial charge in [-0.15, -0.1) is 0 Å². The lowest BCUT2D eigenvalue weighted by Gasteiger charge is -2.18. The molecule has 6 nitrogen and oxygen atoms in total. The first-order valence-electron chi connectivity index (χ1n) is 6.23. The first-order valence-corrected chi connectivity index (χ1v) is 7.02. The molecule has 0 aliphatic heterocycles. The van der Waals surface area contributed by atoms with E-state index in [1.807, 2.05) is 14.1 Å². The van der Waals surface area contributed by atoms with Gasteiger partial charge in [-0.3, -0.25) is 4.79 Å². The molecule has 1 rings (SSSR count). The van der Waals surface area contributed by atoms with Crippen molar-refractivity contribution in [2.24, 2.45) is 0 Å². The molecule has 19 heavy (non-hydrogen) atoms. The molecule has 1 unspecified atom stereocenters. The summed E-state index contributed by atoms with van der Waals surface area (Å²) in [6.45, 7) is 3.13. The van der Waals surface area contributed by atoms with E-state index >= 15 is 0 Å². The summed E-state index contributed by atoms with van der Waals surface area (Å²) in [7, 11) is 4.06. The van der Waals surface area contributed by atoms with Crippen LogP contribution in [0, 0.1) is 0 Å². The smallest absolute Gasteiger partial charge is 0.283 e. The third-order valence-corrected chi connectivity index (χ3v) is 3.47. The highest BCUT2D eigenvalue weighted by molar-refractivity contribution is 9.10. The van der Waals surface area contributed by atoms with Crippen LogP contribution in [0.15, 0.2) is 15.5 Å². The normalized spacial score (nSPS) is 12.7. The molecule has 0 fully saturated rings. The van der Waals surface area contributed by atoms with Crippen molar-refractivity contribution in [2.45, 2.75) is 25.9 Å². The van der Waals surface area contributed by atoms with Crippen LogP contribution in [-0.2, 0) is 6.54 Å². The van der Waals surface area contributed by atoms with E-state index in [2.05, 4.69) is 38.2 Å². The van der Waals surface area contributed by atoms with Crippen LogP contribution >= 0.6 is 15.9 Å². The van der Waals surface area contributed by atoms with Crippen molar-refractivity contribution in [3.8, 4) is 0 Å². The second-order valence-electron chi connectivity index (χ2n) is 4.76. The Morgan fingerprint density at radius 3 is 2.84 bits per heavy atom. The van der Waals surface area contributed by atoms with Gasteiger partial charge in [0.1, 0.15) is 4.47 Å². The van der Waals surface area contributed by atoms with E-state index in [9.17, 15) is 4.79 Å². The zero-order chi connectivity index (χ0) is 14.4. The molecule has 108 valence electrons. The highest BCUT2D eigenvalue weighted by atomic mass is 79.9. The van der Waals surface area contributed by atoms with Crippen molar-refractivity contribution in [3.05, 3.63) is 21.0 Å². The number of hydrogen-bond donors (Lipinski definition) is 2. The Balaban J connectivity index is 2.74. The summed E-state index contributed by atoms with van der Waals surface area (Å²) < 4.78 is 1.69. The van der Waals surface area contributed by atoms with Crippen molar-refractivity contribution in [3.63, 3.8) is 0 Å². The van der Waals surface area contributed by atoms with Gasteiger partial charge in [-0.2, -0.15) is 5.10 Å². The number of aliphatic hydroxyl groups excluding tert-OH is 1. The van der Waals surface area contributed by atoms with Gasteiger partial charge < -0.3 is 15.3 Å². The standard InChI is InChI=1S/C12H21BrN4O2/c1-9(4-5-16(2)3)15-10-8-14-17(6-7-18)12(19)11(10)13/h8-9,15,18H,4-7H2,1-3H3. The number of aromatic nitrogens is 2. The van der Waals surface area contributed by atoms with E-state index in [4.69, 9.17) is 5.11 Å². The maximum atomic E-state index is 11.9. The lowest BCUT2D eigenvalue weighted by atomic mass is 10.2. The Bertz CT molecular complexity index is 462. The second-order valence-corrected chi connectivity index (χ2v) is 5.55. The Morgan fingerprint density at radius 1 is 1.58 bits per heavy atom. The van der Waals surface area contributed by atoms with Crippen LogP contribution in [0.2, 0.25) is 0 Å². The van der Waals surface area contributed by atoms with Gasteiger partial charge in [-0.1, -0.05) is 0 Å². The van der Waals surface area contributed by atoms with Crippen molar-refractivity contribution in [2.75, 3.05) is 32.6 Å². The molecule has 0 radical (unpaired) electrons. The highest BCUT2D eigenvalue weighted by Crippen LogP contribution is 2.17. The summed E-state index contributed by atoms with van der Waals surface area (Å²) in [5, 5.41) is 16.1. The molecule has 1 atom stereocenters. The lowest BCUT2D eigenvalue weighted by Crippen LogP contribution is -2.28. The molecule has 0 aliphatic carbocycles. The van der Waals surface area contributed by atoms with Crippen LogP contribution in [-0.4, -0.2) is 53.1 Å². The number of anilines is 1. The molecule has 1 heterocycles. The van der Waals surface area contributed by atoms with Gasteiger partial charge in [0.2, 0.25) is 0 Å². The van der Waals surface area contributed by atoms with Gasteiger partial charge in [0, 0.05) is 6.04 Å². The zero-order valence-electron chi connectivity index (χ0n) is 11.6. The predicted octanol–water partition coefficient (Wildman–Crippen LogP) is 0.750. The van der Waals surface area contributed by atoms with Gasteiger partial charge in [0.05, 0.1) is 25.0 Å². The molecule has 7 heteroatoms. The number of aliphatic hydroxyl groups is 1. The number of halogens is 1. The van der Waals surface area contributed by atoms with Crippen LogP contribution in [0.3, 0.4) is 0 Å². The van der Waals surface area contributed by atoms with E-state index < -0.39 is 0 Å². The van der Waals surface area contributed by atoms with Gasteiger partial charge in [-0.05, 0) is 49.9 Å². The summed E-state index contributed by atoms with van der Waals surface area (Å²) in [5.74, 6) is 0. The number of hydrogen-bond acceptors (Lipinski definition) is 5. The third kappa shape index (κ3) is 4.93. The molecule has 0 amide bonds. The van der Waals surface area contributed by atoms with E-state index in [1.54, 1.807) is 6.20 Å². The summed E-state index contributed by atoms with van der Waals surface area (Å²) >= 11 is 3.28. The largest absolute Gasteiger partial charge is 0.394 e. The monoisotopic (exact) mass is 332 g/mol. The SMILES string of the molecule is CC(CCN(C)C)Nc1cnn(CCO)c(=O)c1Br. The van der Waals surface area contributed by atoms with Gasteiger partial charge in [0.15, 0.2) is 0 Å². The highest BCUT2D eigenvalue weighted by Gasteiger charge is 2.11. The van der Waals surface area contributed by atoms with Crippen LogP contribution in [0.25, 0.3) is 0 Å². The van der Waals surface area contributed by atoms with E-state index in [0.29, 0.717) is 10.2 Å². The first-order chi connectivity index (χ1) is 8.95. The predicted molar refractivity (Wildman–Crippen MR) is 79.5 cm³/mol. The van der Waals surface area contributed by atoms with Crippen molar-refractivity contribution < 1.29 is 5.11 Å². The molecule has 0 saturated carbocycles. The Morgan fingerprint density at radius 2 is 2.26 bits per heavy atom. The molecular formula is C12H21BrN4O2. The summed E-state index contributed by atoms with van der Waals surface area (Å²) in [5.41, 5.74) is 0.448. The maximum Gasteiger partial charge on any atom is 0.283 e. The summed E-state index contributed by atoms with van der Waals surface area (Å²) in [6.07, 6.45) is 2.58. The summed E-state index contributed by atoms with van der Waals surface area (Å²) in [6, 6.07) is 0.244. The molecule has 0 aromatic carbocycles. The molecular weight excluding hydrogens is 312 g/mol. The molecule has 0 saturated heterocycles. The quantitative estimate of drug-likeness (QED) is 0.771. The fourth-order valence-corrected chi connectivity index (χ4v) is 2.03. The Labute approximate surface area is 121 Å². The van der Waals surface area contributed by atoms with Crippen LogP contribution in [0.4, 0.5) is 5.69 Å². The van der Waals surface area contributed by atoms with Crippen molar-refractivity contribution in [1.82, 2.24) is 14.7 Å². The average molecular weight is 333 g/mol. The second kappa shape index (κ2) is 7.62. The topological polar surface area (TPSA) is 70.4 Å². The van der Waals surface area contributed by atoms with Crippen LogP contribution < -0.4 is 10.9 Å². The van der Waals surface area contributed by atoms with E-state index in [0.717, 1.165) is 13.0 Å². The van der Waals surface area contributed by atoms with Crippen molar-refractivity contribution in [1.29, 1.82) is 0 Å². The average Bonchev–Trinajstić information content (AvgIpc) is 2.36. The third-order valence-electron chi connectivity index (χ3n) is 2.71. The van der Waals surface area contributed by atoms with E-state index in [-0.39, 0.29) is 24.8 Å². The number of rotatable bonds is 7.